The van der Waals surface area contributed by atoms with Crippen molar-refractivity contribution in [3.05, 3.63) is 94.3 Å². The second kappa shape index (κ2) is 9.43. The zero-order valence-corrected chi connectivity index (χ0v) is 16.9. The van der Waals surface area contributed by atoms with Gasteiger partial charge in [-0.25, -0.2) is 4.39 Å². The molecule has 6 heteroatoms. The number of benzene rings is 3. The Hall–Kier alpha value is -3.05. The fourth-order valence-electron chi connectivity index (χ4n) is 2.86. The van der Waals surface area contributed by atoms with Crippen molar-refractivity contribution in [2.75, 3.05) is 7.11 Å². The van der Waals surface area contributed by atoms with Crippen molar-refractivity contribution in [3.63, 3.8) is 0 Å². The van der Waals surface area contributed by atoms with Crippen molar-refractivity contribution in [2.45, 2.75) is 19.6 Å². The van der Waals surface area contributed by atoms with Crippen LogP contribution in [0.4, 0.5) is 4.39 Å². The maximum Gasteiger partial charge on any atom is 0.251 e. The summed E-state index contributed by atoms with van der Waals surface area (Å²) in [7, 11) is 1.56. The Morgan fingerprint density at radius 1 is 1.07 bits per heavy atom. The van der Waals surface area contributed by atoms with E-state index < -0.39 is 0 Å². The fraction of sp³-hybridized carbons (Fsp3) is 0.174. The van der Waals surface area contributed by atoms with Crippen LogP contribution in [0.3, 0.4) is 0 Å². The lowest BCUT2D eigenvalue weighted by molar-refractivity contribution is 0.0939. The first-order valence-electron chi connectivity index (χ1n) is 9.08. The second-order valence-electron chi connectivity index (χ2n) is 6.49. The van der Waals surface area contributed by atoms with Crippen LogP contribution in [-0.4, -0.2) is 13.0 Å². The Labute approximate surface area is 174 Å². The first kappa shape index (κ1) is 20.7. The minimum absolute atomic E-state index is 0.196. The van der Waals surface area contributed by atoms with Crippen molar-refractivity contribution in [3.8, 4) is 11.5 Å². The number of methoxy groups -OCH3 is 1. The lowest BCUT2D eigenvalue weighted by Gasteiger charge is -2.16. The van der Waals surface area contributed by atoms with E-state index in [1.54, 1.807) is 49.6 Å². The van der Waals surface area contributed by atoms with Crippen LogP contribution in [0.5, 0.6) is 11.5 Å². The number of hydrogen-bond acceptors (Lipinski definition) is 3. The van der Waals surface area contributed by atoms with Crippen molar-refractivity contribution in [2.24, 2.45) is 0 Å². The summed E-state index contributed by atoms with van der Waals surface area (Å²) in [5, 5.41) is 3.42. The Kier molecular flexibility index (Phi) is 6.73. The summed E-state index contributed by atoms with van der Waals surface area (Å²) in [5.41, 5.74) is 2.00. The highest BCUT2D eigenvalue weighted by Crippen LogP contribution is 2.27. The summed E-state index contributed by atoms with van der Waals surface area (Å²) in [4.78, 5) is 12.7. The average Bonchev–Trinajstić information content (AvgIpc) is 2.73. The van der Waals surface area contributed by atoms with E-state index >= 15 is 0 Å². The van der Waals surface area contributed by atoms with Crippen molar-refractivity contribution >= 4 is 17.5 Å². The minimum atomic E-state index is -0.314. The summed E-state index contributed by atoms with van der Waals surface area (Å²) in [5.74, 6) is 0.602. The molecule has 0 spiro atoms. The number of hydrogen-bond donors (Lipinski definition) is 1. The normalized spacial score (nSPS) is 11.6. The molecule has 0 aromatic heterocycles. The van der Waals surface area contributed by atoms with E-state index in [1.165, 1.54) is 12.1 Å². The molecule has 0 heterocycles. The van der Waals surface area contributed by atoms with Gasteiger partial charge in [-0.05, 0) is 55.0 Å². The fourth-order valence-corrected chi connectivity index (χ4v) is 3.05. The highest BCUT2D eigenvalue weighted by atomic mass is 35.5. The van der Waals surface area contributed by atoms with E-state index in [4.69, 9.17) is 21.1 Å². The van der Waals surface area contributed by atoms with Gasteiger partial charge in [0.15, 0.2) is 0 Å². The molecule has 0 unspecified atom stereocenters. The number of nitrogens with one attached hydrogen (secondary N) is 1. The van der Waals surface area contributed by atoms with Crippen LogP contribution >= 0.6 is 11.6 Å². The monoisotopic (exact) mass is 413 g/mol. The van der Waals surface area contributed by atoms with Crippen LogP contribution in [0.2, 0.25) is 5.02 Å². The summed E-state index contributed by atoms with van der Waals surface area (Å²) >= 11 is 6.13. The van der Waals surface area contributed by atoms with Gasteiger partial charge in [-0.2, -0.15) is 0 Å². The van der Waals surface area contributed by atoms with Gasteiger partial charge in [-0.15, -0.1) is 0 Å². The van der Waals surface area contributed by atoms with E-state index in [9.17, 15) is 9.18 Å². The molecule has 4 nitrogen and oxygen atoms in total. The van der Waals surface area contributed by atoms with E-state index in [1.807, 2.05) is 19.1 Å². The van der Waals surface area contributed by atoms with E-state index in [2.05, 4.69) is 5.32 Å². The van der Waals surface area contributed by atoms with Gasteiger partial charge < -0.3 is 14.8 Å². The SMILES string of the molecule is COc1ccc(C(=O)N[C@@H](C)c2ccc(F)cc2)cc1COc1ccccc1Cl. The summed E-state index contributed by atoms with van der Waals surface area (Å²) in [6, 6.07) is 18.1. The predicted octanol–water partition coefficient (Wildman–Crippen LogP) is 5.56. The molecule has 29 heavy (non-hydrogen) atoms. The van der Waals surface area contributed by atoms with Gasteiger partial charge >= 0.3 is 0 Å². The number of carbonyl (C=O) groups is 1. The quantitative estimate of drug-likeness (QED) is 0.551. The third-order valence-corrected chi connectivity index (χ3v) is 4.79. The topological polar surface area (TPSA) is 47.6 Å². The summed E-state index contributed by atoms with van der Waals surface area (Å²) < 4.78 is 24.3. The molecule has 1 atom stereocenters. The van der Waals surface area contributed by atoms with Crippen LogP contribution in [0, 0.1) is 5.82 Å². The highest BCUT2D eigenvalue weighted by Gasteiger charge is 2.14. The van der Waals surface area contributed by atoms with Gasteiger partial charge in [-0.3, -0.25) is 4.79 Å². The van der Waals surface area contributed by atoms with Crippen molar-refractivity contribution in [1.29, 1.82) is 0 Å². The maximum atomic E-state index is 13.1. The molecule has 0 bridgehead atoms. The van der Waals surface area contributed by atoms with Crippen molar-refractivity contribution < 1.29 is 18.7 Å². The smallest absolute Gasteiger partial charge is 0.251 e. The van der Waals surface area contributed by atoms with Gasteiger partial charge in [0, 0.05) is 11.1 Å². The van der Waals surface area contributed by atoms with Crippen LogP contribution < -0.4 is 14.8 Å². The third-order valence-electron chi connectivity index (χ3n) is 4.48. The summed E-state index contributed by atoms with van der Waals surface area (Å²) in [6.45, 7) is 2.04. The molecule has 1 N–H and O–H groups in total. The van der Waals surface area contributed by atoms with Crippen LogP contribution in [0.25, 0.3) is 0 Å². The van der Waals surface area contributed by atoms with Gasteiger partial charge in [0.05, 0.1) is 18.2 Å². The Bertz CT molecular complexity index is 992. The van der Waals surface area contributed by atoms with Gasteiger partial charge in [0.1, 0.15) is 23.9 Å². The first-order chi connectivity index (χ1) is 14.0. The number of ether oxygens (including phenoxy) is 2. The van der Waals surface area contributed by atoms with E-state index in [0.717, 1.165) is 11.1 Å². The van der Waals surface area contributed by atoms with Gasteiger partial charge in [0.2, 0.25) is 0 Å². The maximum absolute atomic E-state index is 13.1. The van der Waals surface area contributed by atoms with Gasteiger partial charge in [0.25, 0.3) is 5.91 Å². The highest BCUT2D eigenvalue weighted by molar-refractivity contribution is 6.32. The Balaban J connectivity index is 1.73. The van der Waals surface area contributed by atoms with Crippen molar-refractivity contribution in [1.82, 2.24) is 5.32 Å². The largest absolute Gasteiger partial charge is 0.496 e. The van der Waals surface area contributed by atoms with Gasteiger partial charge in [-0.1, -0.05) is 35.9 Å². The molecule has 0 saturated heterocycles. The molecule has 0 aliphatic rings. The molecule has 0 aliphatic heterocycles. The molecular formula is C23H21ClFNO3. The molecule has 0 fully saturated rings. The average molecular weight is 414 g/mol. The molecule has 3 aromatic carbocycles. The molecule has 0 radical (unpaired) electrons. The van der Waals surface area contributed by atoms with E-state index in [0.29, 0.717) is 22.1 Å². The number of para-hydroxylation sites is 1. The standard InChI is InChI=1S/C23H21ClFNO3/c1-15(16-7-10-19(25)11-8-16)26-23(27)17-9-12-21(28-2)18(13-17)14-29-22-6-4-3-5-20(22)24/h3-13,15H,14H2,1-2H3,(H,26,27)/t15-/m0/s1. The molecule has 0 saturated carbocycles. The number of halogens is 2. The van der Waals surface area contributed by atoms with Crippen LogP contribution in [0.15, 0.2) is 66.7 Å². The second-order valence-corrected chi connectivity index (χ2v) is 6.90. The first-order valence-corrected chi connectivity index (χ1v) is 9.46. The number of rotatable bonds is 7. The molecule has 1 amide bonds. The summed E-state index contributed by atoms with van der Waals surface area (Å²) in [6.07, 6.45) is 0. The lowest BCUT2D eigenvalue weighted by Crippen LogP contribution is -2.26. The zero-order valence-electron chi connectivity index (χ0n) is 16.1. The zero-order chi connectivity index (χ0) is 20.8. The van der Waals surface area contributed by atoms with Crippen LogP contribution in [0.1, 0.15) is 34.5 Å². The molecule has 150 valence electrons. The van der Waals surface area contributed by atoms with E-state index in [-0.39, 0.29) is 24.4 Å². The Morgan fingerprint density at radius 3 is 2.48 bits per heavy atom. The minimum Gasteiger partial charge on any atom is -0.496 e. The Morgan fingerprint density at radius 2 is 1.79 bits per heavy atom. The van der Waals surface area contributed by atoms with Crippen LogP contribution in [-0.2, 0) is 6.61 Å². The molecular weight excluding hydrogens is 393 g/mol. The molecule has 0 aliphatic carbocycles. The number of amides is 1. The third kappa shape index (κ3) is 5.27. The predicted molar refractivity (Wildman–Crippen MR) is 111 cm³/mol. The number of carbonyl (C=O) groups excluding carboxylic acids is 1. The molecule has 3 aromatic rings. The molecule has 3 rings (SSSR count). The lowest BCUT2D eigenvalue weighted by atomic mass is 10.1.